The zero-order valence-electron chi connectivity index (χ0n) is 18.3. The van der Waals surface area contributed by atoms with Crippen molar-refractivity contribution in [3.8, 4) is 17.2 Å². The molecule has 0 unspecified atom stereocenters. The van der Waals surface area contributed by atoms with Gasteiger partial charge in [-0.1, -0.05) is 13.8 Å². The smallest absolute Gasteiger partial charge is 0.336 e. The van der Waals surface area contributed by atoms with Gasteiger partial charge in [-0.15, -0.1) is 0 Å². The minimum atomic E-state index is -0.646. The molecule has 1 atom stereocenters. The number of nitrogens with one attached hydrogen (secondary N) is 1. The fraction of sp³-hybridized carbons (Fsp3) is 0.478. The number of phenols is 1. The Balaban J connectivity index is 2.26. The summed E-state index contributed by atoms with van der Waals surface area (Å²) in [6, 6.07) is 3.27. The van der Waals surface area contributed by atoms with Crippen LogP contribution >= 0.6 is 0 Å². The highest BCUT2D eigenvalue weighted by molar-refractivity contribution is 6.04. The third-order valence-corrected chi connectivity index (χ3v) is 5.57. The third kappa shape index (κ3) is 3.76. The summed E-state index contributed by atoms with van der Waals surface area (Å²) in [4.78, 5) is 26.2. The summed E-state index contributed by atoms with van der Waals surface area (Å²) in [5.41, 5.74) is 2.83. The van der Waals surface area contributed by atoms with Gasteiger partial charge in [-0.25, -0.2) is 4.79 Å². The van der Waals surface area contributed by atoms with E-state index in [4.69, 9.17) is 14.2 Å². The zero-order valence-corrected chi connectivity index (χ0v) is 18.3. The van der Waals surface area contributed by atoms with Crippen molar-refractivity contribution < 1.29 is 28.9 Å². The van der Waals surface area contributed by atoms with Gasteiger partial charge in [0.15, 0.2) is 17.3 Å². The second kappa shape index (κ2) is 8.05. The summed E-state index contributed by atoms with van der Waals surface area (Å²) in [6.07, 6.45) is 1.07. The zero-order chi connectivity index (χ0) is 22.2. The number of carbonyl (C=O) groups excluding carboxylic acids is 2. The molecule has 1 aromatic carbocycles. The first-order chi connectivity index (χ1) is 14.1. The van der Waals surface area contributed by atoms with E-state index in [0.717, 1.165) is 5.70 Å². The molecule has 1 aromatic rings. The van der Waals surface area contributed by atoms with Crippen LogP contribution in [0.3, 0.4) is 0 Å². The van der Waals surface area contributed by atoms with Crippen LogP contribution < -0.4 is 14.8 Å². The first-order valence-corrected chi connectivity index (χ1v) is 9.99. The fourth-order valence-corrected chi connectivity index (χ4v) is 4.33. The molecular formula is C23H29NO6. The highest BCUT2D eigenvalue weighted by Crippen LogP contribution is 2.49. The molecule has 0 amide bonds. The lowest BCUT2D eigenvalue weighted by Crippen LogP contribution is -2.38. The topological polar surface area (TPSA) is 94.1 Å². The van der Waals surface area contributed by atoms with Gasteiger partial charge in [-0.3, -0.25) is 4.79 Å². The number of esters is 1. The van der Waals surface area contributed by atoms with E-state index in [2.05, 4.69) is 19.2 Å². The Kier molecular flexibility index (Phi) is 5.83. The van der Waals surface area contributed by atoms with Gasteiger partial charge in [-0.2, -0.15) is 0 Å². The molecule has 0 bridgehead atoms. The molecule has 0 spiro atoms. The molecule has 2 N–H and O–H groups in total. The molecular weight excluding hydrogens is 386 g/mol. The van der Waals surface area contributed by atoms with E-state index < -0.39 is 11.9 Å². The predicted octanol–water partition coefficient (Wildman–Crippen LogP) is 3.58. The molecule has 1 aliphatic heterocycles. The molecule has 0 aromatic heterocycles. The molecule has 3 rings (SSSR count). The predicted molar refractivity (Wildman–Crippen MR) is 111 cm³/mol. The number of ketones is 1. The molecule has 0 radical (unpaired) electrons. The van der Waals surface area contributed by atoms with Crippen molar-refractivity contribution in [2.24, 2.45) is 5.41 Å². The number of hydrogen-bond acceptors (Lipinski definition) is 7. The number of methoxy groups -OCH3 is 2. The van der Waals surface area contributed by atoms with Crippen LogP contribution in [-0.2, 0) is 14.3 Å². The van der Waals surface area contributed by atoms with Gasteiger partial charge in [0, 0.05) is 29.3 Å². The Morgan fingerprint density at radius 1 is 1.20 bits per heavy atom. The number of dihydropyridines is 1. The number of aromatic hydroxyl groups is 1. The summed E-state index contributed by atoms with van der Waals surface area (Å²) in [5.74, 6) is -0.876. The van der Waals surface area contributed by atoms with Crippen molar-refractivity contribution in [3.63, 3.8) is 0 Å². The molecule has 7 nitrogen and oxygen atoms in total. The monoisotopic (exact) mass is 415 g/mol. The summed E-state index contributed by atoms with van der Waals surface area (Å²) in [7, 11) is 2.88. The molecule has 1 heterocycles. The lowest BCUT2D eigenvalue weighted by atomic mass is 9.68. The number of ether oxygens (including phenoxy) is 3. The van der Waals surface area contributed by atoms with Crippen LogP contribution in [0, 0.1) is 5.41 Å². The average Bonchev–Trinajstić information content (AvgIpc) is 2.66. The molecule has 1 aliphatic carbocycles. The number of Topliss-reactive ketones (excluding diaryl/α,β-unsaturated/α-hetero) is 1. The summed E-state index contributed by atoms with van der Waals surface area (Å²) >= 11 is 0. The first-order valence-electron chi connectivity index (χ1n) is 9.99. The average molecular weight is 415 g/mol. The Hall–Kier alpha value is -2.96. The van der Waals surface area contributed by atoms with E-state index in [-0.39, 0.29) is 35.1 Å². The quantitative estimate of drug-likeness (QED) is 0.710. The number of carbonyl (C=O) groups is 2. The van der Waals surface area contributed by atoms with E-state index in [0.29, 0.717) is 35.2 Å². The number of benzene rings is 1. The van der Waals surface area contributed by atoms with Crippen LogP contribution in [0.5, 0.6) is 17.2 Å². The second-order valence-corrected chi connectivity index (χ2v) is 8.42. The van der Waals surface area contributed by atoms with Crippen molar-refractivity contribution in [2.75, 3.05) is 20.8 Å². The van der Waals surface area contributed by atoms with E-state index in [9.17, 15) is 14.7 Å². The van der Waals surface area contributed by atoms with Crippen LogP contribution in [0.1, 0.15) is 52.0 Å². The Bertz CT molecular complexity index is 931. The van der Waals surface area contributed by atoms with Crippen molar-refractivity contribution in [2.45, 2.75) is 46.5 Å². The number of phenolic OH excluding ortho intramolecular Hbond substituents is 1. The van der Waals surface area contributed by atoms with E-state index in [1.54, 1.807) is 19.1 Å². The maximum Gasteiger partial charge on any atom is 0.336 e. The van der Waals surface area contributed by atoms with Crippen LogP contribution in [0.25, 0.3) is 0 Å². The normalized spacial score (nSPS) is 20.5. The van der Waals surface area contributed by atoms with Crippen LogP contribution in [-0.4, -0.2) is 37.7 Å². The van der Waals surface area contributed by atoms with Gasteiger partial charge in [0.2, 0.25) is 5.75 Å². The lowest BCUT2D eigenvalue weighted by molar-refractivity contribution is -0.138. The van der Waals surface area contributed by atoms with Crippen LogP contribution in [0.15, 0.2) is 34.7 Å². The molecule has 2 aliphatic rings. The highest BCUT2D eigenvalue weighted by Gasteiger charge is 2.43. The standard InChI is InChI=1S/C23H29NO6/c1-7-30-22(27)18-12(2)24-14-10-23(3,4)11-15(25)20(14)19(18)13-8-16(28-5)21(26)17(9-13)29-6/h8-9,19,24,26H,7,10-11H2,1-6H3/t19-/m0/s1. The summed E-state index contributed by atoms with van der Waals surface area (Å²) < 4.78 is 15.9. The summed E-state index contributed by atoms with van der Waals surface area (Å²) in [6.45, 7) is 7.88. The van der Waals surface area contributed by atoms with Gasteiger partial charge >= 0.3 is 5.97 Å². The Morgan fingerprint density at radius 2 is 1.80 bits per heavy atom. The Labute approximate surface area is 176 Å². The third-order valence-electron chi connectivity index (χ3n) is 5.57. The van der Waals surface area contributed by atoms with E-state index >= 15 is 0 Å². The largest absolute Gasteiger partial charge is 0.502 e. The van der Waals surface area contributed by atoms with Crippen molar-refractivity contribution in [3.05, 3.63) is 40.2 Å². The van der Waals surface area contributed by atoms with E-state index in [1.165, 1.54) is 14.2 Å². The number of allylic oxidation sites excluding steroid dienone is 3. The van der Waals surface area contributed by atoms with Crippen LogP contribution in [0.2, 0.25) is 0 Å². The highest BCUT2D eigenvalue weighted by atomic mass is 16.5. The van der Waals surface area contributed by atoms with Crippen molar-refractivity contribution in [1.29, 1.82) is 0 Å². The van der Waals surface area contributed by atoms with Gasteiger partial charge < -0.3 is 24.6 Å². The summed E-state index contributed by atoms with van der Waals surface area (Å²) in [5, 5.41) is 13.6. The second-order valence-electron chi connectivity index (χ2n) is 8.42. The van der Waals surface area contributed by atoms with E-state index in [1.807, 2.05) is 6.92 Å². The molecule has 7 heteroatoms. The van der Waals surface area contributed by atoms with Gasteiger partial charge in [0.1, 0.15) is 0 Å². The molecule has 162 valence electrons. The van der Waals surface area contributed by atoms with Gasteiger partial charge in [-0.05, 0) is 43.4 Å². The number of rotatable bonds is 5. The van der Waals surface area contributed by atoms with Gasteiger partial charge in [0.25, 0.3) is 0 Å². The minimum absolute atomic E-state index is 0.0148. The molecule has 30 heavy (non-hydrogen) atoms. The SMILES string of the molecule is CCOC(=O)C1=C(C)NC2=C(C(=O)CC(C)(C)C2)[C@H]1c1cc(OC)c(O)c(OC)c1. The van der Waals surface area contributed by atoms with Gasteiger partial charge in [0.05, 0.1) is 26.4 Å². The van der Waals surface area contributed by atoms with Crippen LogP contribution in [0.4, 0.5) is 0 Å². The number of hydrogen-bond donors (Lipinski definition) is 2. The maximum atomic E-state index is 13.3. The molecule has 0 saturated carbocycles. The maximum absolute atomic E-state index is 13.3. The Morgan fingerprint density at radius 3 is 2.33 bits per heavy atom. The molecule has 0 saturated heterocycles. The first kappa shape index (κ1) is 21.7. The van der Waals surface area contributed by atoms with Crippen molar-refractivity contribution >= 4 is 11.8 Å². The van der Waals surface area contributed by atoms with Crippen molar-refractivity contribution in [1.82, 2.24) is 5.32 Å². The molecule has 0 fully saturated rings. The fourth-order valence-electron chi connectivity index (χ4n) is 4.33. The minimum Gasteiger partial charge on any atom is -0.502 e. The lowest BCUT2D eigenvalue weighted by Gasteiger charge is -2.39.